The Kier molecular flexibility index (Phi) is 11.2. The van der Waals surface area contributed by atoms with Gasteiger partial charge in [0.2, 0.25) is 0 Å². The highest BCUT2D eigenvalue weighted by molar-refractivity contribution is 6.23. The summed E-state index contributed by atoms with van der Waals surface area (Å²) < 4.78 is 0. The fraction of sp³-hybridized carbons (Fsp3) is 0.0333. The van der Waals surface area contributed by atoms with Crippen LogP contribution in [0.2, 0.25) is 0 Å². The number of anilines is 11. The van der Waals surface area contributed by atoms with Gasteiger partial charge in [0.15, 0.2) is 0 Å². The SMILES string of the molecule is C/C=C/N(c1ccc(N(c2ccccc2)c2c3ccccc3c(N(c3ccccc3)c3ccc(N(c4ccccc4)c4ccccc4)cc3)c3ccccc23)cc1)c1ccccc1C. The van der Waals surface area contributed by atoms with E-state index in [1.165, 1.54) is 5.56 Å². The number of para-hydroxylation sites is 5. The normalized spacial score (nSPS) is 11.2. The van der Waals surface area contributed by atoms with Crippen LogP contribution in [0.1, 0.15) is 12.5 Å². The second-order valence-corrected chi connectivity index (χ2v) is 15.8. The zero-order valence-electron chi connectivity index (χ0n) is 36.0. The van der Waals surface area contributed by atoms with Crippen LogP contribution in [-0.4, -0.2) is 0 Å². The van der Waals surface area contributed by atoms with Gasteiger partial charge in [-0.2, -0.15) is 0 Å². The zero-order chi connectivity index (χ0) is 43.2. The standard InChI is InChI=1S/C60H48N4/c1-3-44-61(58-35-21-16-22-45(58)2)46-36-38-52(39-37-46)63(49-27-12-6-13-28-49)59-54-31-17-19-33-56(54)60(57-34-20-18-32-55(57)59)64(50-29-14-7-15-30-50)53-42-40-51(41-43-53)62(47-23-8-4-9-24-47)48-25-10-5-11-26-48/h3-44H,1-2H3/b44-3+. The molecule has 308 valence electrons. The highest BCUT2D eigenvalue weighted by atomic mass is 15.2. The molecule has 0 spiro atoms. The van der Waals surface area contributed by atoms with Gasteiger partial charge in [-0.1, -0.05) is 146 Å². The topological polar surface area (TPSA) is 13.0 Å². The van der Waals surface area contributed by atoms with Crippen LogP contribution in [0.25, 0.3) is 21.5 Å². The maximum atomic E-state index is 2.43. The molecule has 0 aliphatic carbocycles. The van der Waals surface area contributed by atoms with Crippen LogP contribution in [0.4, 0.5) is 62.6 Å². The van der Waals surface area contributed by atoms with Gasteiger partial charge in [0.25, 0.3) is 0 Å². The van der Waals surface area contributed by atoms with E-state index in [0.29, 0.717) is 0 Å². The summed E-state index contributed by atoms with van der Waals surface area (Å²) in [6.07, 6.45) is 4.23. The van der Waals surface area contributed by atoms with Crippen LogP contribution in [0.5, 0.6) is 0 Å². The van der Waals surface area contributed by atoms with E-state index >= 15 is 0 Å². The summed E-state index contributed by atoms with van der Waals surface area (Å²) in [4.78, 5) is 9.42. The van der Waals surface area contributed by atoms with Crippen LogP contribution in [0, 0.1) is 6.92 Å². The van der Waals surface area contributed by atoms with Gasteiger partial charge in [0.1, 0.15) is 0 Å². The summed E-state index contributed by atoms with van der Waals surface area (Å²) in [6, 6.07) is 86.9. The summed E-state index contributed by atoms with van der Waals surface area (Å²) in [7, 11) is 0. The number of aryl methyl sites for hydroxylation is 1. The molecule has 0 atom stereocenters. The van der Waals surface area contributed by atoms with Crippen molar-refractivity contribution in [3.8, 4) is 0 Å². The lowest BCUT2D eigenvalue weighted by molar-refractivity contribution is 1.23. The van der Waals surface area contributed by atoms with Crippen molar-refractivity contribution in [1.82, 2.24) is 0 Å². The minimum Gasteiger partial charge on any atom is -0.317 e. The molecule has 0 unspecified atom stereocenters. The summed E-state index contributed by atoms with van der Waals surface area (Å²) in [5.41, 5.74) is 13.3. The van der Waals surface area contributed by atoms with Crippen LogP contribution in [0.3, 0.4) is 0 Å². The number of hydrogen-bond acceptors (Lipinski definition) is 4. The molecule has 0 bridgehead atoms. The average molecular weight is 825 g/mol. The molecular weight excluding hydrogens is 777 g/mol. The molecule has 0 saturated heterocycles. The third kappa shape index (κ3) is 7.63. The average Bonchev–Trinajstić information content (AvgIpc) is 3.36. The third-order valence-electron chi connectivity index (χ3n) is 11.8. The summed E-state index contributed by atoms with van der Waals surface area (Å²) >= 11 is 0. The zero-order valence-corrected chi connectivity index (χ0v) is 36.0. The highest BCUT2D eigenvalue weighted by Crippen LogP contribution is 2.51. The molecule has 0 fully saturated rings. The van der Waals surface area contributed by atoms with Crippen molar-refractivity contribution < 1.29 is 0 Å². The lowest BCUT2D eigenvalue weighted by Gasteiger charge is -2.33. The molecular formula is C60H48N4. The van der Waals surface area contributed by atoms with E-state index < -0.39 is 0 Å². The van der Waals surface area contributed by atoms with Gasteiger partial charge in [-0.05, 0) is 123 Å². The molecule has 0 aliphatic heterocycles. The van der Waals surface area contributed by atoms with Gasteiger partial charge in [-0.3, -0.25) is 0 Å². The minimum absolute atomic E-state index is 1.06. The molecule has 64 heavy (non-hydrogen) atoms. The van der Waals surface area contributed by atoms with Crippen molar-refractivity contribution >= 4 is 84.1 Å². The molecule has 4 nitrogen and oxygen atoms in total. The van der Waals surface area contributed by atoms with Gasteiger partial charge < -0.3 is 19.6 Å². The van der Waals surface area contributed by atoms with Crippen molar-refractivity contribution in [1.29, 1.82) is 0 Å². The Morgan fingerprint density at radius 1 is 0.281 bits per heavy atom. The van der Waals surface area contributed by atoms with Crippen LogP contribution >= 0.6 is 0 Å². The Bertz CT molecular complexity index is 3070. The minimum atomic E-state index is 1.06. The molecule has 0 aromatic heterocycles. The van der Waals surface area contributed by atoms with E-state index in [-0.39, 0.29) is 0 Å². The third-order valence-corrected chi connectivity index (χ3v) is 11.8. The predicted octanol–water partition coefficient (Wildman–Crippen LogP) is 17.4. The highest BCUT2D eigenvalue weighted by Gasteiger charge is 2.26. The smallest absolute Gasteiger partial charge is 0.0619 e. The van der Waals surface area contributed by atoms with Gasteiger partial charge in [0, 0.05) is 78.9 Å². The largest absolute Gasteiger partial charge is 0.317 e. The fourth-order valence-electron chi connectivity index (χ4n) is 8.94. The number of rotatable bonds is 12. The first kappa shape index (κ1) is 39.8. The Balaban J connectivity index is 1.16. The summed E-state index contributed by atoms with van der Waals surface area (Å²) in [5, 5.41) is 4.60. The van der Waals surface area contributed by atoms with E-state index in [1.54, 1.807) is 0 Å². The Labute approximate surface area is 376 Å². The second kappa shape index (κ2) is 17.9. The van der Waals surface area contributed by atoms with Crippen LogP contribution in [-0.2, 0) is 0 Å². The molecule has 0 saturated carbocycles. The van der Waals surface area contributed by atoms with Crippen LogP contribution < -0.4 is 19.6 Å². The lowest BCUT2D eigenvalue weighted by atomic mass is 9.95. The van der Waals surface area contributed by atoms with Crippen molar-refractivity contribution in [2.24, 2.45) is 0 Å². The monoisotopic (exact) mass is 824 g/mol. The predicted molar refractivity (Wildman–Crippen MR) is 274 cm³/mol. The first-order valence-electron chi connectivity index (χ1n) is 21.9. The number of fused-ring (bicyclic) bond motifs is 2. The number of allylic oxidation sites excluding steroid dienone is 1. The Morgan fingerprint density at radius 3 is 0.922 bits per heavy atom. The van der Waals surface area contributed by atoms with E-state index in [4.69, 9.17) is 0 Å². The molecule has 0 heterocycles. The van der Waals surface area contributed by atoms with E-state index in [1.807, 2.05) is 0 Å². The fourth-order valence-corrected chi connectivity index (χ4v) is 8.94. The van der Waals surface area contributed by atoms with Gasteiger partial charge >= 0.3 is 0 Å². The van der Waals surface area contributed by atoms with Gasteiger partial charge in [-0.15, -0.1) is 0 Å². The van der Waals surface area contributed by atoms with E-state index in [2.05, 4.69) is 288 Å². The van der Waals surface area contributed by atoms with Crippen molar-refractivity contribution in [3.63, 3.8) is 0 Å². The Morgan fingerprint density at radius 2 is 0.562 bits per heavy atom. The summed E-state index contributed by atoms with van der Waals surface area (Å²) in [6.45, 7) is 4.23. The lowest BCUT2D eigenvalue weighted by Crippen LogP contribution is -2.15. The molecule has 0 N–H and O–H groups in total. The molecule has 10 aromatic carbocycles. The maximum Gasteiger partial charge on any atom is 0.0619 e. The molecule has 0 aliphatic rings. The quantitative estimate of drug-likeness (QED) is 0.0899. The first-order valence-corrected chi connectivity index (χ1v) is 21.9. The van der Waals surface area contributed by atoms with Gasteiger partial charge in [-0.25, -0.2) is 0 Å². The number of hydrogen-bond donors (Lipinski definition) is 0. The van der Waals surface area contributed by atoms with Crippen molar-refractivity contribution in [3.05, 3.63) is 260 Å². The molecule has 0 radical (unpaired) electrons. The van der Waals surface area contributed by atoms with Crippen LogP contribution in [0.15, 0.2) is 255 Å². The van der Waals surface area contributed by atoms with E-state index in [9.17, 15) is 0 Å². The maximum absolute atomic E-state index is 2.43. The van der Waals surface area contributed by atoms with Crippen molar-refractivity contribution in [2.75, 3.05) is 19.6 Å². The molecule has 4 heteroatoms. The van der Waals surface area contributed by atoms with E-state index in [0.717, 1.165) is 84.1 Å². The molecule has 10 rings (SSSR count). The number of nitrogens with zero attached hydrogens (tertiary/aromatic N) is 4. The molecule has 10 aromatic rings. The second-order valence-electron chi connectivity index (χ2n) is 15.8. The Hall–Kier alpha value is -8.34. The van der Waals surface area contributed by atoms with Crippen molar-refractivity contribution in [2.45, 2.75) is 13.8 Å². The number of benzene rings is 10. The molecule has 0 amide bonds. The first-order chi connectivity index (χ1) is 31.7. The van der Waals surface area contributed by atoms with Gasteiger partial charge in [0.05, 0.1) is 11.4 Å². The summed E-state index contributed by atoms with van der Waals surface area (Å²) in [5.74, 6) is 0.